The number of halogens is 1. The molecule has 0 saturated heterocycles. The van der Waals surface area contributed by atoms with Crippen molar-refractivity contribution in [1.29, 1.82) is 0 Å². The van der Waals surface area contributed by atoms with Crippen molar-refractivity contribution in [3.63, 3.8) is 0 Å². The highest BCUT2D eigenvalue weighted by Gasteiger charge is 2.07. The molecule has 0 bridgehead atoms. The summed E-state index contributed by atoms with van der Waals surface area (Å²) in [5, 5.41) is 2.27. The number of hydrogen-bond donors (Lipinski definition) is 0. The maximum absolute atomic E-state index is 10.1. The lowest BCUT2D eigenvalue weighted by atomic mass is 10.1. The van der Waals surface area contributed by atoms with E-state index in [0.29, 0.717) is 6.61 Å². The van der Waals surface area contributed by atoms with Crippen LogP contribution in [0.5, 0.6) is 0 Å². The summed E-state index contributed by atoms with van der Waals surface area (Å²) in [7, 11) is 0. The molecule has 118 valence electrons. The summed E-state index contributed by atoms with van der Waals surface area (Å²) < 4.78 is 11.1. The lowest BCUT2D eigenvalue weighted by molar-refractivity contribution is -0.137. The molecule has 1 heterocycles. The Balaban J connectivity index is 0.000000236. The van der Waals surface area contributed by atoms with Crippen LogP contribution in [0.15, 0.2) is 76.3 Å². The molecule has 0 aliphatic rings. The third kappa shape index (κ3) is 4.57. The van der Waals surface area contributed by atoms with Gasteiger partial charge < -0.3 is 9.15 Å². The predicted octanol–water partition coefficient (Wildman–Crippen LogP) is 5.60. The summed E-state index contributed by atoms with van der Waals surface area (Å²) >= 11 is 3.46. The first-order valence-electron chi connectivity index (χ1n) is 7.17. The van der Waals surface area contributed by atoms with Gasteiger partial charge in [0.1, 0.15) is 5.76 Å². The Kier molecular flexibility index (Phi) is 6.18. The zero-order valence-corrected chi connectivity index (χ0v) is 14.4. The third-order valence-corrected chi connectivity index (χ3v) is 3.54. The molecule has 3 nitrogen and oxygen atoms in total. The Hall–Kier alpha value is -2.33. The molecule has 0 radical (unpaired) electrons. The van der Waals surface area contributed by atoms with Gasteiger partial charge in [-0.2, -0.15) is 0 Å². The van der Waals surface area contributed by atoms with Crippen LogP contribution in [-0.2, 0) is 9.53 Å². The fourth-order valence-corrected chi connectivity index (χ4v) is 2.42. The summed E-state index contributed by atoms with van der Waals surface area (Å²) in [5.41, 5.74) is 1.11. The van der Waals surface area contributed by atoms with Crippen LogP contribution in [0.3, 0.4) is 0 Å². The maximum atomic E-state index is 10.1. The van der Waals surface area contributed by atoms with Gasteiger partial charge in [0.05, 0.1) is 12.9 Å². The lowest BCUT2D eigenvalue weighted by Crippen LogP contribution is -1.97. The van der Waals surface area contributed by atoms with Crippen molar-refractivity contribution >= 4 is 32.7 Å². The first-order chi connectivity index (χ1) is 11.2. The minimum Gasteiger partial charge on any atom is -0.463 e. The number of esters is 1. The van der Waals surface area contributed by atoms with Crippen LogP contribution in [0.2, 0.25) is 0 Å². The lowest BCUT2D eigenvalue weighted by Gasteiger charge is -1.97. The number of benzene rings is 2. The van der Waals surface area contributed by atoms with Gasteiger partial charge in [-0.05, 0) is 25.1 Å². The highest BCUT2D eigenvalue weighted by Crippen LogP contribution is 2.31. The molecule has 4 heteroatoms. The summed E-state index contributed by atoms with van der Waals surface area (Å²) in [6, 6.07) is 16.3. The molecule has 3 aromatic rings. The molecule has 2 aromatic carbocycles. The SMILES string of the molecule is Brc1ccc2c(-c3ccccc3)occ2c1.C=CC(=O)OCC. The molecule has 0 aliphatic heterocycles. The van der Waals surface area contributed by atoms with E-state index in [9.17, 15) is 4.79 Å². The van der Waals surface area contributed by atoms with E-state index < -0.39 is 0 Å². The zero-order valence-electron chi connectivity index (χ0n) is 12.8. The highest BCUT2D eigenvalue weighted by atomic mass is 79.9. The first kappa shape index (κ1) is 17.0. The fourth-order valence-electron chi connectivity index (χ4n) is 2.04. The van der Waals surface area contributed by atoms with E-state index in [1.807, 2.05) is 24.3 Å². The fraction of sp³-hybridized carbons (Fsp3) is 0.105. The van der Waals surface area contributed by atoms with E-state index in [1.165, 1.54) is 0 Å². The van der Waals surface area contributed by atoms with E-state index in [1.54, 1.807) is 13.2 Å². The van der Waals surface area contributed by atoms with Crippen molar-refractivity contribution in [2.75, 3.05) is 6.61 Å². The number of carbonyl (C=O) groups excluding carboxylic acids is 1. The van der Waals surface area contributed by atoms with Crippen LogP contribution < -0.4 is 0 Å². The average molecular weight is 373 g/mol. The minimum atomic E-state index is -0.359. The second-order valence-electron chi connectivity index (χ2n) is 4.62. The summed E-state index contributed by atoms with van der Waals surface area (Å²) in [6.07, 6.45) is 2.94. The molecule has 0 amide bonds. The third-order valence-electron chi connectivity index (χ3n) is 3.05. The van der Waals surface area contributed by atoms with E-state index in [2.05, 4.69) is 51.5 Å². The zero-order chi connectivity index (χ0) is 16.7. The molecule has 23 heavy (non-hydrogen) atoms. The normalized spacial score (nSPS) is 9.83. The van der Waals surface area contributed by atoms with Crippen molar-refractivity contribution < 1.29 is 13.9 Å². The van der Waals surface area contributed by atoms with Crippen molar-refractivity contribution in [2.45, 2.75) is 6.92 Å². The van der Waals surface area contributed by atoms with Crippen molar-refractivity contribution in [3.8, 4) is 11.3 Å². The van der Waals surface area contributed by atoms with Gasteiger partial charge in [0.2, 0.25) is 0 Å². The molecule has 0 saturated carbocycles. The Morgan fingerprint density at radius 1 is 1.26 bits per heavy atom. The first-order valence-corrected chi connectivity index (χ1v) is 7.96. The van der Waals surface area contributed by atoms with E-state index >= 15 is 0 Å². The van der Waals surface area contributed by atoms with E-state index in [0.717, 1.165) is 32.6 Å². The molecule has 0 spiro atoms. The van der Waals surface area contributed by atoms with Crippen LogP contribution in [0.1, 0.15) is 6.92 Å². The van der Waals surface area contributed by atoms with Crippen molar-refractivity contribution in [2.24, 2.45) is 0 Å². The number of ether oxygens (including phenoxy) is 1. The van der Waals surface area contributed by atoms with Crippen LogP contribution in [0, 0.1) is 0 Å². The number of rotatable bonds is 3. The maximum Gasteiger partial charge on any atom is 0.330 e. The predicted molar refractivity (Wildman–Crippen MR) is 96.2 cm³/mol. The summed E-state index contributed by atoms with van der Waals surface area (Å²) in [5.74, 6) is 0.575. The van der Waals surface area contributed by atoms with Gasteiger partial charge in [-0.3, -0.25) is 0 Å². The van der Waals surface area contributed by atoms with Crippen LogP contribution in [0.25, 0.3) is 22.1 Å². The topological polar surface area (TPSA) is 39.4 Å². The van der Waals surface area contributed by atoms with Gasteiger partial charge in [0.15, 0.2) is 0 Å². The molecule has 1 aromatic heterocycles. The number of fused-ring (bicyclic) bond motifs is 1. The Labute approximate surface area is 143 Å². The van der Waals surface area contributed by atoms with Gasteiger partial charge in [0.25, 0.3) is 0 Å². The Morgan fingerprint density at radius 3 is 2.61 bits per heavy atom. The molecule has 0 unspecified atom stereocenters. The average Bonchev–Trinajstić information content (AvgIpc) is 2.99. The van der Waals surface area contributed by atoms with Crippen LogP contribution in [0.4, 0.5) is 0 Å². The Bertz CT molecular complexity index is 791. The van der Waals surface area contributed by atoms with E-state index in [-0.39, 0.29) is 5.97 Å². The van der Waals surface area contributed by atoms with Gasteiger partial charge in [0, 0.05) is 26.9 Å². The monoisotopic (exact) mass is 372 g/mol. The van der Waals surface area contributed by atoms with Gasteiger partial charge >= 0.3 is 5.97 Å². The molecule has 0 N–H and O–H groups in total. The number of hydrogen-bond acceptors (Lipinski definition) is 3. The second kappa shape index (κ2) is 8.34. The van der Waals surface area contributed by atoms with Gasteiger partial charge in [-0.15, -0.1) is 0 Å². The second-order valence-corrected chi connectivity index (χ2v) is 5.53. The van der Waals surface area contributed by atoms with Crippen LogP contribution in [-0.4, -0.2) is 12.6 Å². The molecule has 0 fully saturated rings. The molecular weight excluding hydrogens is 356 g/mol. The molecular formula is C19H17BrO3. The Morgan fingerprint density at radius 2 is 2.00 bits per heavy atom. The summed E-state index contributed by atoms with van der Waals surface area (Å²) in [6.45, 7) is 5.38. The van der Waals surface area contributed by atoms with Gasteiger partial charge in [-0.1, -0.05) is 52.8 Å². The number of carbonyl (C=O) groups is 1. The minimum absolute atomic E-state index is 0.359. The standard InChI is InChI=1S/C14H9BrO.C5H8O2/c15-12-6-7-13-11(8-12)9-16-14(13)10-4-2-1-3-5-10;1-3-5(6)7-4-2/h1-9H;3H,1,4H2,2H3. The molecule has 0 atom stereocenters. The largest absolute Gasteiger partial charge is 0.463 e. The van der Waals surface area contributed by atoms with E-state index in [4.69, 9.17) is 4.42 Å². The quantitative estimate of drug-likeness (QED) is 0.443. The smallest absolute Gasteiger partial charge is 0.330 e. The van der Waals surface area contributed by atoms with Crippen molar-refractivity contribution in [3.05, 3.63) is 71.9 Å². The highest BCUT2D eigenvalue weighted by molar-refractivity contribution is 9.10. The summed E-state index contributed by atoms with van der Waals surface area (Å²) in [4.78, 5) is 10.1. The van der Waals surface area contributed by atoms with Crippen LogP contribution >= 0.6 is 15.9 Å². The molecule has 3 rings (SSSR count). The number of furan rings is 1. The van der Waals surface area contributed by atoms with Gasteiger partial charge in [-0.25, -0.2) is 4.79 Å². The molecule has 0 aliphatic carbocycles. The van der Waals surface area contributed by atoms with Crippen molar-refractivity contribution in [1.82, 2.24) is 0 Å².